The number of nitrogen functional groups attached to an aromatic ring is 1. The number of halogens is 1. The molecule has 0 aliphatic heterocycles. The minimum absolute atomic E-state index is 0.0873. The van der Waals surface area contributed by atoms with Crippen LogP contribution in [0.4, 0.5) is 15.9 Å². The van der Waals surface area contributed by atoms with E-state index in [0.29, 0.717) is 0 Å². The fourth-order valence-electron chi connectivity index (χ4n) is 1.85. The zero-order chi connectivity index (χ0) is 18.6. The molecule has 0 spiro atoms. The Hall–Kier alpha value is -2.88. The van der Waals surface area contributed by atoms with Crippen LogP contribution in [0.5, 0.6) is 0 Å². The number of ether oxygens (including phenoxy) is 1. The molecule has 0 fully saturated rings. The van der Waals surface area contributed by atoms with Crippen LogP contribution in [0.2, 0.25) is 0 Å². The van der Waals surface area contributed by atoms with E-state index in [9.17, 15) is 18.8 Å². The Morgan fingerprint density at radius 3 is 2.68 bits per heavy atom. The number of carbonyl (C=O) groups is 2. The number of carbonyl (C=O) groups excluding carboxylic acids is 2. The van der Waals surface area contributed by atoms with Gasteiger partial charge in [0, 0.05) is 0 Å². The van der Waals surface area contributed by atoms with Crippen molar-refractivity contribution in [2.75, 3.05) is 18.2 Å². The number of nitrogens with one attached hydrogen (secondary N) is 2. The van der Waals surface area contributed by atoms with Crippen molar-refractivity contribution in [1.82, 2.24) is 9.97 Å². The van der Waals surface area contributed by atoms with Gasteiger partial charge >= 0.3 is 5.97 Å². The molecule has 0 radical (unpaired) electrons. The van der Waals surface area contributed by atoms with E-state index in [0.717, 1.165) is 17.8 Å². The van der Waals surface area contributed by atoms with Crippen LogP contribution in [0, 0.1) is 5.82 Å². The molecule has 0 saturated carbocycles. The summed E-state index contributed by atoms with van der Waals surface area (Å²) in [5.41, 5.74) is 4.44. The van der Waals surface area contributed by atoms with E-state index in [4.69, 9.17) is 5.73 Å². The van der Waals surface area contributed by atoms with E-state index >= 15 is 0 Å². The van der Waals surface area contributed by atoms with Gasteiger partial charge in [0.2, 0.25) is 0 Å². The summed E-state index contributed by atoms with van der Waals surface area (Å²) in [4.78, 5) is 41.9. The van der Waals surface area contributed by atoms with Crippen LogP contribution in [0.15, 0.2) is 34.2 Å². The van der Waals surface area contributed by atoms with Crippen molar-refractivity contribution >= 4 is 35.1 Å². The maximum absolute atomic E-state index is 13.6. The highest BCUT2D eigenvalue weighted by atomic mass is 32.2. The van der Waals surface area contributed by atoms with Gasteiger partial charge in [0.15, 0.2) is 11.0 Å². The van der Waals surface area contributed by atoms with E-state index in [1.165, 1.54) is 25.3 Å². The minimum atomic E-state index is -0.833. The number of aromatic nitrogens is 2. The minimum Gasteiger partial charge on any atom is -0.468 e. The van der Waals surface area contributed by atoms with E-state index in [1.807, 2.05) is 0 Å². The molecule has 1 amide bonds. The van der Waals surface area contributed by atoms with E-state index in [2.05, 4.69) is 20.0 Å². The van der Waals surface area contributed by atoms with Crippen molar-refractivity contribution in [3.63, 3.8) is 0 Å². The van der Waals surface area contributed by atoms with Gasteiger partial charge in [-0.2, -0.15) is 0 Å². The third-order valence-corrected chi connectivity index (χ3v) is 4.07. The number of H-pyrrole nitrogens is 1. The largest absolute Gasteiger partial charge is 0.468 e. The maximum atomic E-state index is 13.6. The highest BCUT2D eigenvalue weighted by Crippen LogP contribution is 2.22. The molecule has 0 aliphatic carbocycles. The van der Waals surface area contributed by atoms with Gasteiger partial charge in [0.05, 0.1) is 12.7 Å². The number of anilines is 2. The molecule has 1 heterocycles. The smallest absolute Gasteiger partial charge is 0.318 e. The first-order chi connectivity index (χ1) is 11.8. The number of esters is 1. The number of amides is 1. The Morgan fingerprint density at radius 2 is 2.08 bits per heavy atom. The van der Waals surface area contributed by atoms with Crippen LogP contribution in [-0.4, -0.2) is 34.2 Å². The normalized spacial score (nSPS) is 11.6. The Kier molecular flexibility index (Phi) is 5.75. The van der Waals surface area contributed by atoms with Crippen LogP contribution < -0.4 is 16.6 Å². The van der Waals surface area contributed by atoms with Gasteiger partial charge in [0.1, 0.15) is 16.8 Å². The molecule has 0 unspecified atom stereocenters. The van der Waals surface area contributed by atoms with Crippen molar-refractivity contribution < 1.29 is 18.7 Å². The van der Waals surface area contributed by atoms with Crippen LogP contribution in [0.3, 0.4) is 0 Å². The maximum Gasteiger partial charge on any atom is 0.318 e. The van der Waals surface area contributed by atoms with Crippen LogP contribution >= 0.6 is 11.8 Å². The topological polar surface area (TPSA) is 127 Å². The Morgan fingerprint density at radius 1 is 1.40 bits per heavy atom. The van der Waals surface area contributed by atoms with Gasteiger partial charge in [-0.3, -0.25) is 19.4 Å². The first kappa shape index (κ1) is 18.5. The van der Waals surface area contributed by atoms with Crippen molar-refractivity contribution in [2.45, 2.75) is 17.3 Å². The van der Waals surface area contributed by atoms with Gasteiger partial charge in [-0.25, -0.2) is 9.37 Å². The van der Waals surface area contributed by atoms with Crippen molar-refractivity contribution in [3.05, 3.63) is 46.0 Å². The summed E-state index contributed by atoms with van der Waals surface area (Å²) in [5, 5.41) is 1.71. The highest BCUT2D eigenvalue weighted by molar-refractivity contribution is 8.00. The number of nitrogens with zero attached hydrogens (tertiary/aromatic N) is 1. The zero-order valence-corrected chi connectivity index (χ0v) is 14.1. The Bertz CT molecular complexity index is 871. The van der Waals surface area contributed by atoms with Gasteiger partial charge in [0.25, 0.3) is 11.5 Å². The molecule has 0 bridgehead atoms. The van der Waals surface area contributed by atoms with Crippen LogP contribution in [0.1, 0.15) is 17.3 Å². The summed E-state index contributed by atoms with van der Waals surface area (Å²) in [7, 11) is 1.24. The molecule has 0 saturated heterocycles. The SMILES string of the molecule is COC(=O)[C@H](C)Sc1nc(N)c(NC(=O)c2ccccc2F)c(=O)[nH]1. The standard InChI is InChI=1S/C15H15FN4O4S/c1-7(14(23)24-2)25-15-19-11(17)10(13(22)20-15)18-12(21)8-5-3-4-6-9(8)16/h3-7H,1-2H3,(H,18,21)(H3,17,19,20,22)/t7-/m0/s1. The summed E-state index contributed by atoms with van der Waals surface area (Å²) in [6.07, 6.45) is 0. The third-order valence-electron chi connectivity index (χ3n) is 3.10. The molecule has 2 aromatic rings. The number of methoxy groups -OCH3 is 1. The second-order valence-electron chi connectivity index (χ2n) is 4.85. The van der Waals surface area contributed by atoms with Gasteiger partial charge in [-0.05, 0) is 19.1 Å². The van der Waals surface area contributed by atoms with Gasteiger partial charge < -0.3 is 15.8 Å². The zero-order valence-electron chi connectivity index (χ0n) is 13.3. The van der Waals surface area contributed by atoms with Crippen molar-refractivity contribution in [1.29, 1.82) is 0 Å². The summed E-state index contributed by atoms with van der Waals surface area (Å²) in [6.45, 7) is 1.57. The lowest BCUT2D eigenvalue weighted by Crippen LogP contribution is -2.24. The highest BCUT2D eigenvalue weighted by Gasteiger charge is 2.19. The predicted molar refractivity (Wildman–Crippen MR) is 91.0 cm³/mol. The Labute approximate surface area is 146 Å². The van der Waals surface area contributed by atoms with Crippen molar-refractivity contribution in [3.8, 4) is 0 Å². The average molecular weight is 366 g/mol. The van der Waals surface area contributed by atoms with Crippen LogP contribution in [0.25, 0.3) is 0 Å². The Balaban J connectivity index is 2.23. The molecule has 132 valence electrons. The summed E-state index contributed by atoms with van der Waals surface area (Å²) in [5.74, 6) is -2.32. The van der Waals surface area contributed by atoms with Crippen LogP contribution in [-0.2, 0) is 9.53 Å². The second-order valence-corrected chi connectivity index (χ2v) is 6.18. The number of nitrogens with two attached hydrogens (primary N) is 1. The lowest BCUT2D eigenvalue weighted by Gasteiger charge is -2.11. The number of aromatic amines is 1. The molecule has 8 nitrogen and oxygen atoms in total. The van der Waals surface area contributed by atoms with E-state index in [1.54, 1.807) is 6.92 Å². The molecule has 1 atom stereocenters. The second kappa shape index (κ2) is 7.79. The number of hydrogen-bond donors (Lipinski definition) is 3. The molecule has 1 aromatic carbocycles. The molecular weight excluding hydrogens is 351 g/mol. The number of rotatable bonds is 5. The molecule has 2 rings (SSSR count). The summed E-state index contributed by atoms with van der Waals surface area (Å²) >= 11 is 0.937. The first-order valence-corrected chi connectivity index (χ1v) is 7.91. The summed E-state index contributed by atoms with van der Waals surface area (Å²) in [6, 6.07) is 5.31. The lowest BCUT2D eigenvalue weighted by atomic mass is 10.2. The third kappa shape index (κ3) is 4.35. The fraction of sp³-hybridized carbons (Fsp3) is 0.200. The lowest BCUT2D eigenvalue weighted by molar-refractivity contribution is -0.139. The monoisotopic (exact) mass is 366 g/mol. The number of thioether (sulfide) groups is 1. The molecule has 25 heavy (non-hydrogen) atoms. The molecule has 4 N–H and O–H groups in total. The quantitative estimate of drug-likeness (QED) is 0.414. The number of hydrogen-bond acceptors (Lipinski definition) is 7. The first-order valence-electron chi connectivity index (χ1n) is 7.03. The average Bonchev–Trinajstić information content (AvgIpc) is 2.57. The van der Waals surface area contributed by atoms with Gasteiger partial charge in [-0.15, -0.1) is 0 Å². The van der Waals surface area contributed by atoms with E-state index in [-0.39, 0.29) is 22.2 Å². The van der Waals surface area contributed by atoms with Gasteiger partial charge in [-0.1, -0.05) is 23.9 Å². The predicted octanol–water partition coefficient (Wildman–Crippen LogP) is 1.40. The molecule has 1 aromatic heterocycles. The van der Waals surface area contributed by atoms with Crippen molar-refractivity contribution in [2.24, 2.45) is 0 Å². The molecule has 10 heteroatoms. The molecule has 0 aliphatic rings. The summed E-state index contributed by atoms with van der Waals surface area (Å²) < 4.78 is 18.2. The fourth-order valence-corrected chi connectivity index (χ4v) is 2.68. The molecular formula is C15H15FN4O4S. The number of benzene rings is 1. The van der Waals surface area contributed by atoms with E-state index < -0.39 is 28.5 Å².